The standard InChI is InChI=1S/C21H25N3O3/c1-3-17(24-19-12-8-7-11-18(19)22-20(24)14-25)13-23(2)21(26)27-15-16-9-5-4-6-10-16/h4-12,17,25H,3,13-15H2,1-2H3/t17-/m1/s1. The Kier molecular flexibility index (Phi) is 6.08. The third-order valence-corrected chi connectivity index (χ3v) is 4.65. The number of para-hydroxylation sites is 2. The van der Waals surface area contributed by atoms with Gasteiger partial charge in [-0.1, -0.05) is 49.4 Å². The molecule has 142 valence electrons. The highest BCUT2D eigenvalue weighted by atomic mass is 16.6. The Morgan fingerprint density at radius 2 is 1.89 bits per heavy atom. The fraction of sp³-hybridized carbons (Fsp3) is 0.333. The highest BCUT2D eigenvalue weighted by Gasteiger charge is 2.21. The van der Waals surface area contributed by atoms with Crippen LogP contribution in [0.2, 0.25) is 0 Å². The molecule has 3 aromatic rings. The third kappa shape index (κ3) is 4.28. The number of ether oxygens (including phenoxy) is 1. The van der Waals surface area contributed by atoms with Gasteiger partial charge in [-0.25, -0.2) is 9.78 Å². The van der Waals surface area contributed by atoms with E-state index in [2.05, 4.69) is 11.9 Å². The molecule has 0 bridgehead atoms. The molecule has 3 rings (SSSR count). The fourth-order valence-corrected chi connectivity index (χ4v) is 3.23. The van der Waals surface area contributed by atoms with Gasteiger partial charge in [0.25, 0.3) is 0 Å². The summed E-state index contributed by atoms with van der Waals surface area (Å²) in [5.41, 5.74) is 2.75. The molecule has 0 fully saturated rings. The van der Waals surface area contributed by atoms with E-state index in [1.807, 2.05) is 59.2 Å². The maximum atomic E-state index is 12.4. The van der Waals surface area contributed by atoms with E-state index >= 15 is 0 Å². The van der Waals surface area contributed by atoms with Gasteiger partial charge in [-0.15, -0.1) is 0 Å². The number of aliphatic hydroxyl groups is 1. The predicted molar refractivity (Wildman–Crippen MR) is 104 cm³/mol. The molecule has 6 heteroatoms. The number of hydrogen-bond acceptors (Lipinski definition) is 4. The number of carbonyl (C=O) groups excluding carboxylic acids is 1. The number of carbonyl (C=O) groups is 1. The molecule has 0 saturated heterocycles. The smallest absolute Gasteiger partial charge is 0.409 e. The van der Waals surface area contributed by atoms with Crippen LogP contribution in [-0.4, -0.2) is 39.2 Å². The van der Waals surface area contributed by atoms with Crippen molar-refractivity contribution in [1.82, 2.24) is 14.5 Å². The molecular weight excluding hydrogens is 342 g/mol. The number of benzene rings is 2. The van der Waals surface area contributed by atoms with E-state index in [1.165, 1.54) is 0 Å². The number of rotatable bonds is 7. The van der Waals surface area contributed by atoms with Crippen LogP contribution in [0.1, 0.15) is 30.8 Å². The lowest BCUT2D eigenvalue weighted by molar-refractivity contribution is 0.0994. The second-order valence-electron chi connectivity index (χ2n) is 6.53. The lowest BCUT2D eigenvalue weighted by atomic mass is 10.2. The van der Waals surface area contributed by atoms with E-state index in [-0.39, 0.29) is 25.3 Å². The summed E-state index contributed by atoms with van der Waals surface area (Å²) in [6.07, 6.45) is 0.427. The summed E-state index contributed by atoms with van der Waals surface area (Å²) in [4.78, 5) is 18.5. The number of likely N-dealkylation sites (N-methyl/N-ethyl adjacent to an activating group) is 1. The molecule has 1 amide bonds. The van der Waals surface area contributed by atoms with E-state index in [9.17, 15) is 9.90 Å². The van der Waals surface area contributed by atoms with Gasteiger partial charge in [-0.05, 0) is 24.1 Å². The average Bonchev–Trinajstić information content (AvgIpc) is 3.09. The van der Waals surface area contributed by atoms with Crippen LogP contribution < -0.4 is 0 Å². The number of aromatic nitrogens is 2. The van der Waals surface area contributed by atoms with Crippen molar-refractivity contribution < 1.29 is 14.6 Å². The van der Waals surface area contributed by atoms with Crippen LogP contribution in [0.25, 0.3) is 11.0 Å². The topological polar surface area (TPSA) is 67.6 Å². The molecule has 1 atom stereocenters. The summed E-state index contributed by atoms with van der Waals surface area (Å²) >= 11 is 0. The van der Waals surface area contributed by atoms with Gasteiger partial charge >= 0.3 is 6.09 Å². The first kappa shape index (κ1) is 18.9. The molecule has 1 heterocycles. The Bertz CT molecular complexity index is 892. The minimum absolute atomic E-state index is 0.00572. The summed E-state index contributed by atoms with van der Waals surface area (Å²) < 4.78 is 7.43. The number of nitrogens with zero attached hydrogens (tertiary/aromatic N) is 3. The first-order chi connectivity index (χ1) is 13.1. The zero-order valence-corrected chi connectivity index (χ0v) is 15.7. The van der Waals surface area contributed by atoms with Crippen LogP contribution in [0.15, 0.2) is 54.6 Å². The highest BCUT2D eigenvalue weighted by molar-refractivity contribution is 5.76. The second-order valence-corrected chi connectivity index (χ2v) is 6.53. The maximum Gasteiger partial charge on any atom is 0.409 e. The van der Waals surface area contributed by atoms with Crippen LogP contribution >= 0.6 is 0 Å². The Hall–Kier alpha value is -2.86. The molecule has 0 radical (unpaired) electrons. The van der Waals surface area contributed by atoms with E-state index in [1.54, 1.807) is 11.9 Å². The van der Waals surface area contributed by atoms with Crippen molar-refractivity contribution in [2.75, 3.05) is 13.6 Å². The average molecular weight is 367 g/mol. The van der Waals surface area contributed by atoms with E-state index in [4.69, 9.17) is 4.74 Å². The minimum Gasteiger partial charge on any atom is -0.445 e. The third-order valence-electron chi connectivity index (χ3n) is 4.65. The zero-order valence-electron chi connectivity index (χ0n) is 15.7. The molecule has 27 heavy (non-hydrogen) atoms. The normalized spacial score (nSPS) is 12.1. The van der Waals surface area contributed by atoms with E-state index in [0.717, 1.165) is 23.0 Å². The Morgan fingerprint density at radius 3 is 2.59 bits per heavy atom. The van der Waals surface area contributed by atoms with Crippen molar-refractivity contribution in [3.63, 3.8) is 0 Å². The quantitative estimate of drug-likeness (QED) is 0.691. The predicted octanol–water partition coefficient (Wildman–Crippen LogP) is 3.75. The molecule has 0 aliphatic rings. The van der Waals surface area contributed by atoms with Crippen LogP contribution in [0, 0.1) is 0 Å². The van der Waals surface area contributed by atoms with Crippen LogP contribution in [0.5, 0.6) is 0 Å². The summed E-state index contributed by atoms with van der Waals surface area (Å²) in [6.45, 7) is 2.63. The fourth-order valence-electron chi connectivity index (χ4n) is 3.23. The number of aliphatic hydroxyl groups excluding tert-OH is 1. The summed E-state index contributed by atoms with van der Waals surface area (Å²) in [5, 5.41) is 9.73. The summed E-state index contributed by atoms with van der Waals surface area (Å²) in [6, 6.07) is 17.4. The lowest BCUT2D eigenvalue weighted by Crippen LogP contribution is -2.33. The molecule has 0 aliphatic heterocycles. The number of amides is 1. The van der Waals surface area contributed by atoms with E-state index < -0.39 is 0 Å². The van der Waals surface area contributed by atoms with Crippen molar-refractivity contribution >= 4 is 17.1 Å². The zero-order chi connectivity index (χ0) is 19.2. The Balaban J connectivity index is 1.72. The van der Waals surface area contributed by atoms with Gasteiger partial charge < -0.3 is 19.3 Å². The van der Waals surface area contributed by atoms with Gasteiger partial charge in [0.1, 0.15) is 19.0 Å². The molecule has 6 nitrogen and oxygen atoms in total. The molecule has 0 spiro atoms. The number of hydrogen-bond donors (Lipinski definition) is 1. The molecule has 0 aliphatic carbocycles. The lowest BCUT2D eigenvalue weighted by Gasteiger charge is -2.25. The summed E-state index contributed by atoms with van der Waals surface area (Å²) in [5.74, 6) is 0.606. The van der Waals surface area contributed by atoms with Crippen LogP contribution in [0.4, 0.5) is 4.79 Å². The van der Waals surface area contributed by atoms with Gasteiger partial charge in [0, 0.05) is 13.6 Å². The van der Waals surface area contributed by atoms with Crippen molar-refractivity contribution in [1.29, 1.82) is 0 Å². The largest absolute Gasteiger partial charge is 0.445 e. The minimum atomic E-state index is -0.368. The van der Waals surface area contributed by atoms with Gasteiger partial charge in [-0.2, -0.15) is 0 Å². The molecule has 1 aromatic heterocycles. The van der Waals surface area contributed by atoms with Crippen molar-refractivity contribution in [3.8, 4) is 0 Å². The highest BCUT2D eigenvalue weighted by Crippen LogP contribution is 2.24. The van der Waals surface area contributed by atoms with Crippen LogP contribution in [0.3, 0.4) is 0 Å². The Morgan fingerprint density at radius 1 is 1.19 bits per heavy atom. The molecule has 2 aromatic carbocycles. The van der Waals surface area contributed by atoms with Crippen molar-refractivity contribution in [3.05, 3.63) is 66.0 Å². The van der Waals surface area contributed by atoms with Gasteiger partial charge in [-0.3, -0.25) is 0 Å². The second kappa shape index (κ2) is 8.68. The van der Waals surface area contributed by atoms with Crippen molar-refractivity contribution in [2.24, 2.45) is 0 Å². The van der Waals surface area contributed by atoms with Crippen LogP contribution in [-0.2, 0) is 18.0 Å². The van der Waals surface area contributed by atoms with Gasteiger partial charge in [0.2, 0.25) is 0 Å². The monoisotopic (exact) mass is 367 g/mol. The Labute approximate surface area is 159 Å². The van der Waals surface area contributed by atoms with Crippen molar-refractivity contribution in [2.45, 2.75) is 32.6 Å². The molecular formula is C21H25N3O3. The SMILES string of the molecule is CC[C@H](CN(C)C(=O)OCc1ccccc1)n1c(CO)nc2ccccc21. The maximum absolute atomic E-state index is 12.4. The summed E-state index contributed by atoms with van der Waals surface area (Å²) in [7, 11) is 1.73. The first-order valence-corrected chi connectivity index (χ1v) is 9.12. The first-order valence-electron chi connectivity index (χ1n) is 9.12. The molecule has 0 unspecified atom stereocenters. The van der Waals surface area contributed by atoms with Gasteiger partial charge in [0.05, 0.1) is 17.1 Å². The van der Waals surface area contributed by atoms with E-state index in [0.29, 0.717) is 12.4 Å². The molecule has 1 N–H and O–H groups in total. The number of imidazole rings is 1. The molecule has 0 saturated carbocycles. The van der Waals surface area contributed by atoms with Gasteiger partial charge in [0.15, 0.2) is 0 Å². The number of fused-ring (bicyclic) bond motifs is 1.